The fraction of sp³-hybridized carbons (Fsp3) is 0.273. The molecule has 5 N–H and O–H groups in total. The van der Waals surface area contributed by atoms with Gasteiger partial charge in [-0.15, -0.1) is 0 Å². The highest BCUT2D eigenvalue weighted by atomic mass is 16.5. The smallest absolute Gasteiger partial charge is 0.258 e. The first-order valence-electron chi connectivity index (χ1n) is 5.09. The number of carbonyl (C=O) groups is 2. The Labute approximate surface area is 98.9 Å². The summed E-state index contributed by atoms with van der Waals surface area (Å²) in [6.07, 6.45) is 0. The van der Waals surface area contributed by atoms with E-state index in [-0.39, 0.29) is 13.2 Å². The molecule has 0 aliphatic rings. The van der Waals surface area contributed by atoms with Gasteiger partial charge in [0.15, 0.2) is 6.61 Å². The van der Waals surface area contributed by atoms with Crippen molar-refractivity contribution >= 4 is 11.8 Å². The zero-order valence-electron chi connectivity index (χ0n) is 9.31. The number of primary amides is 1. The second-order valence-electron chi connectivity index (χ2n) is 3.34. The molecule has 0 aliphatic heterocycles. The van der Waals surface area contributed by atoms with Crippen LogP contribution in [0.5, 0.6) is 5.75 Å². The first kappa shape index (κ1) is 13.0. The van der Waals surface area contributed by atoms with Gasteiger partial charge in [0, 0.05) is 12.1 Å². The van der Waals surface area contributed by atoms with Gasteiger partial charge in [0.2, 0.25) is 5.91 Å². The van der Waals surface area contributed by atoms with Gasteiger partial charge in [-0.1, -0.05) is 18.2 Å². The number of rotatable bonds is 6. The van der Waals surface area contributed by atoms with Crippen molar-refractivity contribution in [3.8, 4) is 5.75 Å². The molecular weight excluding hydrogens is 222 g/mol. The first-order chi connectivity index (χ1) is 8.13. The highest BCUT2D eigenvalue weighted by molar-refractivity contribution is 5.84. The molecule has 1 aromatic rings. The van der Waals surface area contributed by atoms with E-state index in [1.807, 2.05) is 12.1 Å². The van der Waals surface area contributed by atoms with Crippen LogP contribution in [0.1, 0.15) is 5.56 Å². The topological polar surface area (TPSA) is 107 Å². The van der Waals surface area contributed by atoms with Crippen LogP contribution in [0.3, 0.4) is 0 Å². The van der Waals surface area contributed by atoms with Crippen molar-refractivity contribution in [3.63, 3.8) is 0 Å². The number of hydrogen-bond acceptors (Lipinski definition) is 4. The molecule has 0 unspecified atom stereocenters. The van der Waals surface area contributed by atoms with Crippen molar-refractivity contribution in [2.45, 2.75) is 6.54 Å². The summed E-state index contributed by atoms with van der Waals surface area (Å²) in [6.45, 7) is -0.0376. The van der Waals surface area contributed by atoms with E-state index in [4.69, 9.17) is 16.2 Å². The average Bonchev–Trinajstić information content (AvgIpc) is 2.34. The van der Waals surface area contributed by atoms with Crippen molar-refractivity contribution in [2.75, 3.05) is 13.2 Å². The van der Waals surface area contributed by atoms with Crippen molar-refractivity contribution in [2.24, 2.45) is 11.5 Å². The van der Waals surface area contributed by atoms with Crippen LogP contribution in [0.25, 0.3) is 0 Å². The summed E-state index contributed by atoms with van der Waals surface area (Å²) < 4.78 is 5.28. The molecule has 0 spiro atoms. The quantitative estimate of drug-likeness (QED) is 0.597. The average molecular weight is 237 g/mol. The number of para-hydroxylation sites is 1. The molecule has 0 atom stereocenters. The molecule has 0 aliphatic carbocycles. The van der Waals surface area contributed by atoms with Gasteiger partial charge in [-0.05, 0) is 6.07 Å². The molecule has 6 nitrogen and oxygen atoms in total. The zero-order valence-corrected chi connectivity index (χ0v) is 9.31. The predicted molar refractivity (Wildman–Crippen MR) is 62.0 cm³/mol. The largest absolute Gasteiger partial charge is 0.483 e. The third kappa shape index (κ3) is 4.52. The third-order valence-corrected chi connectivity index (χ3v) is 2.01. The van der Waals surface area contributed by atoms with E-state index >= 15 is 0 Å². The summed E-state index contributed by atoms with van der Waals surface area (Å²) in [6, 6.07) is 7.16. The van der Waals surface area contributed by atoms with Gasteiger partial charge in [-0.3, -0.25) is 9.59 Å². The zero-order chi connectivity index (χ0) is 12.7. The minimum atomic E-state index is -0.597. The fourth-order valence-corrected chi connectivity index (χ4v) is 1.19. The Kier molecular flexibility index (Phi) is 4.96. The van der Waals surface area contributed by atoms with Gasteiger partial charge in [0.1, 0.15) is 5.75 Å². The lowest BCUT2D eigenvalue weighted by Crippen LogP contribution is -2.36. The summed E-state index contributed by atoms with van der Waals surface area (Å²) in [5, 5.41) is 2.32. The maximum atomic E-state index is 11.2. The van der Waals surface area contributed by atoms with E-state index in [1.165, 1.54) is 0 Å². The maximum absolute atomic E-state index is 11.2. The molecule has 0 radical (unpaired) electrons. The van der Waals surface area contributed by atoms with Crippen molar-refractivity contribution in [1.82, 2.24) is 5.32 Å². The van der Waals surface area contributed by atoms with E-state index in [9.17, 15) is 9.59 Å². The van der Waals surface area contributed by atoms with Gasteiger partial charge in [-0.25, -0.2) is 0 Å². The Morgan fingerprint density at radius 2 is 2.00 bits per heavy atom. The highest BCUT2D eigenvalue weighted by Crippen LogP contribution is 2.16. The summed E-state index contributed by atoms with van der Waals surface area (Å²) >= 11 is 0. The number of nitrogens with one attached hydrogen (secondary N) is 1. The predicted octanol–water partition coefficient (Wildman–Crippen LogP) is -0.874. The third-order valence-electron chi connectivity index (χ3n) is 2.01. The van der Waals surface area contributed by atoms with Crippen molar-refractivity contribution in [3.05, 3.63) is 29.8 Å². The Hall–Kier alpha value is -2.08. The SMILES string of the molecule is NCc1ccccc1OCC(=O)NCC(N)=O. The molecule has 6 heteroatoms. The molecule has 92 valence electrons. The summed E-state index contributed by atoms with van der Waals surface area (Å²) in [5.74, 6) is -0.444. The normalized spacial score (nSPS) is 9.71. The number of hydrogen-bond donors (Lipinski definition) is 3. The Morgan fingerprint density at radius 3 is 2.65 bits per heavy atom. The number of nitrogens with two attached hydrogens (primary N) is 2. The van der Waals surface area contributed by atoms with Crippen LogP contribution in [-0.2, 0) is 16.1 Å². The molecule has 1 aromatic carbocycles. The standard InChI is InChI=1S/C11H15N3O3/c12-5-8-3-1-2-4-9(8)17-7-11(16)14-6-10(13)15/h1-4H,5-7,12H2,(H2,13,15)(H,14,16). The van der Waals surface area contributed by atoms with Crippen LogP contribution in [0.15, 0.2) is 24.3 Å². The fourth-order valence-electron chi connectivity index (χ4n) is 1.19. The number of amides is 2. The number of benzene rings is 1. The molecule has 0 bridgehead atoms. The van der Waals surface area contributed by atoms with Crippen molar-refractivity contribution < 1.29 is 14.3 Å². The van der Waals surface area contributed by atoms with Gasteiger partial charge in [0.25, 0.3) is 5.91 Å². The summed E-state index contributed by atoms with van der Waals surface area (Å²) in [7, 11) is 0. The summed E-state index contributed by atoms with van der Waals surface area (Å²) in [5.41, 5.74) is 11.2. The molecule has 17 heavy (non-hydrogen) atoms. The lowest BCUT2D eigenvalue weighted by molar-refractivity contribution is -0.126. The van der Waals surface area contributed by atoms with E-state index in [0.717, 1.165) is 5.56 Å². The molecule has 0 aromatic heterocycles. The van der Waals surface area contributed by atoms with Crippen LogP contribution in [0, 0.1) is 0 Å². The lowest BCUT2D eigenvalue weighted by Gasteiger charge is -2.09. The lowest BCUT2D eigenvalue weighted by atomic mass is 10.2. The first-order valence-corrected chi connectivity index (χ1v) is 5.09. The van der Waals surface area contributed by atoms with Gasteiger partial charge >= 0.3 is 0 Å². The monoisotopic (exact) mass is 237 g/mol. The molecule has 2 amide bonds. The molecular formula is C11H15N3O3. The minimum Gasteiger partial charge on any atom is -0.483 e. The summed E-state index contributed by atoms with van der Waals surface area (Å²) in [4.78, 5) is 21.7. The molecule has 0 saturated carbocycles. The second kappa shape index (κ2) is 6.49. The van der Waals surface area contributed by atoms with Gasteiger partial charge in [-0.2, -0.15) is 0 Å². The molecule has 0 fully saturated rings. The molecule has 1 rings (SSSR count). The Bertz CT molecular complexity index is 407. The van der Waals surface area contributed by atoms with Crippen LogP contribution in [0.2, 0.25) is 0 Å². The minimum absolute atomic E-state index is 0.176. The number of carbonyl (C=O) groups excluding carboxylic acids is 2. The van der Waals surface area contributed by atoms with E-state index in [1.54, 1.807) is 12.1 Å². The molecule has 0 saturated heterocycles. The van der Waals surface area contributed by atoms with Crippen LogP contribution >= 0.6 is 0 Å². The van der Waals surface area contributed by atoms with E-state index in [2.05, 4.69) is 5.32 Å². The number of ether oxygens (including phenoxy) is 1. The maximum Gasteiger partial charge on any atom is 0.258 e. The van der Waals surface area contributed by atoms with Crippen LogP contribution < -0.4 is 21.5 Å². The van der Waals surface area contributed by atoms with Crippen molar-refractivity contribution in [1.29, 1.82) is 0 Å². The van der Waals surface area contributed by atoms with Gasteiger partial charge in [0.05, 0.1) is 6.54 Å². The second-order valence-corrected chi connectivity index (χ2v) is 3.34. The van der Waals surface area contributed by atoms with E-state index in [0.29, 0.717) is 12.3 Å². The van der Waals surface area contributed by atoms with Crippen LogP contribution in [0.4, 0.5) is 0 Å². The molecule has 0 heterocycles. The van der Waals surface area contributed by atoms with E-state index < -0.39 is 11.8 Å². The van der Waals surface area contributed by atoms with Crippen LogP contribution in [-0.4, -0.2) is 25.0 Å². The van der Waals surface area contributed by atoms with Gasteiger partial charge < -0.3 is 21.5 Å². The highest BCUT2D eigenvalue weighted by Gasteiger charge is 2.06. The Balaban J connectivity index is 2.44. The Morgan fingerprint density at radius 1 is 1.29 bits per heavy atom.